The first-order valence-corrected chi connectivity index (χ1v) is 10.9. The van der Waals surface area contributed by atoms with Crippen molar-refractivity contribution in [2.45, 2.75) is 26.7 Å². The quantitative estimate of drug-likeness (QED) is 0.576. The van der Waals surface area contributed by atoms with Gasteiger partial charge in [0.1, 0.15) is 11.4 Å². The number of ether oxygens (including phenoxy) is 1. The molecule has 2 N–H and O–H groups in total. The van der Waals surface area contributed by atoms with Crippen molar-refractivity contribution >= 4 is 40.3 Å². The number of rotatable bonds is 5. The Labute approximate surface area is 191 Å². The molecule has 0 radical (unpaired) electrons. The number of aromatic nitrogens is 1. The average molecular weight is 447 g/mol. The summed E-state index contributed by atoms with van der Waals surface area (Å²) < 4.78 is 5.23. The molecule has 1 aromatic heterocycles. The molecular formula is C25H26N4O4. The van der Waals surface area contributed by atoms with Crippen LogP contribution in [0.3, 0.4) is 0 Å². The Kier molecular flexibility index (Phi) is 6.53. The van der Waals surface area contributed by atoms with Crippen LogP contribution in [0.4, 0.5) is 16.3 Å². The molecule has 1 fully saturated rings. The van der Waals surface area contributed by atoms with E-state index in [0.717, 1.165) is 48.0 Å². The zero-order valence-electron chi connectivity index (χ0n) is 18.7. The van der Waals surface area contributed by atoms with Crippen LogP contribution in [0.15, 0.2) is 48.5 Å². The van der Waals surface area contributed by atoms with Gasteiger partial charge in [0.2, 0.25) is 0 Å². The van der Waals surface area contributed by atoms with Crippen LogP contribution in [0, 0.1) is 13.8 Å². The van der Waals surface area contributed by atoms with Gasteiger partial charge >= 0.3 is 12.0 Å². The number of amides is 3. The Bertz CT molecular complexity index is 1220. The van der Waals surface area contributed by atoms with Gasteiger partial charge in [-0.05, 0) is 50.5 Å². The minimum Gasteiger partial charge on any atom is -0.452 e. The summed E-state index contributed by atoms with van der Waals surface area (Å²) >= 11 is 0. The fourth-order valence-electron chi connectivity index (χ4n) is 3.90. The number of esters is 1. The van der Waals surface area contributed by atoms with Crippen molar-refractivity contribution in [1.82, 2.24) is 10.3 Å². The lowest BCUT2D eigenvalue weighted by Crippen LogP contribution is -2.37. The number of hydrogen-bond donors (Lipinski definition) is 2. The first-order chi connectivity index (χ1) is 15.9. The van der Waals surface area contributed by atoms with Crippen molar-refractivity contribution in [3.8, 4) is 0 Å². The van der Waals surface area contributed by atoms with E-state index in [0.29, 0.717) is 17.1 Å². The molecular weight excluding hydrogens is 420 g/mol. The molecule has 3 aromatic rings. The lowest BCUT2D eigenvalue weighted by molar-refractivity contribution is -0.123. The maximum absolute atomic E-state index is 12.9. The average Bonchev–Trinajstić information content (AvgIpc) is 3.33. The van der Waals surface area contributed by atoms with Gasteiger partial charge in [0, 0.05) is 24.2 Å². The molecule has 33 heavy (non-hydrogen) atoms. The standard InChI is InChI=1S/C25H26N4O4/c1-16-9-10-20(17(2)13-16)27-25(32)28-22(30)15-33-24(31)19-14-18-7-3-4-8-21(18)26-23(19)29-11-5-6-12-29/h3-4,7-10,13-14H,5-6,11-12,15H2,1-2H3,(H2,27,28,30,32). The lowest BCUT2D eigenvalue weighted by atomic mass is 10.1. The van der Waals surface area contributed by atoms with E-state index in [-0.39, 0.29) is 0 Å². The molecule has 3 amide bonds. The number of nitrogens with zero attached hydrogens (tertiary/aromatic N) is 2. The summed E-state index contributed by atoms with van der Waals surface area (Å²) in [6.07, 6.45) is 2.06. The maximum Gasteiger partial charge on any atom is 0.342 e. The second-order valence-electron chi connectivity index (χ2n) is 8.14. The number of aryl methyl sites for hydroxylation is 2. The summed E-state index contributed by atoms with van der Waals surface area (Å²) in [6.45, 7) is 4.86. The molecule has 4 rings (SSSR count). The third kappa shape index (κ3) is 5.28. The van der Waals surface area contributed by atoms with E-state index >= 15 is 0 Å². The van der Waals surface area contributed by atoms with Gasteiger partial charge in [0.25, 0.3) is 5.91 Å². The minimum absolute atomic E-state index is 0.308. The number of hydrogen-bond acceptors (Lipinski definition) is 6. The number of anilines is 2. The number of pyridine rings is 1. The molecule has 1 saturated heterocycles. The highest BCUT2D eigenvalue weighted by Crippen LogP contribution is 2.27. The highest BCUT2D eigenvalue weighted by Gasteiger charge is 2.23. The van der Waals surface area contributed by atoms with E-state index in [1.807, 2.05) is 50.2 Å². The number of urea groups is 1. The normalized spacial score (nSPS) is 13.1. The van der Waals surface area contributed by atoms with Crippen molar-refractivity contribution in [1.29, 1.82) is 0 Å². The number of nitrogens with one attached hydrogen (secondary N) is 2. The topological polar surface area (TPSA) is 101 Å². The molecule has 0 saturated carbocycles. The van der Waals surface area contributed by atoms with Crippen molar-refractivity contribution < 1.29 is 19.1 Å². The second-order valence-corrected chi connectivity index (χ2v) is 8.14. The summed E-state index contributed by atoms with van der Waals surface area (Å²) in [5.74, 6) is -0.814. The molecule has 2 aromatic carbocycles. The highest BCUT2D eigenvalue weighted by molar-refractivity contribution is 6.03. The number of benzene rings is 2. The number of fused-ring (bicyclic) bond motifs is 1. The van der Waals surface area contributed by atoms with Crippen molar-refractivity contribution in [3.63, 3.8) is 0 Å². The van der Waals surface area contributed by atoms with Gasteiger partial charge < -0.3 is 15.0 Å². The first kappa shape index (κ1) is 22.3. The predicted molar refractivity (Wildman–Crippen MR) is 127 cm³/mol. The van der Waals surface area contributed by atoms with E-state index in [1.54, 1.807) is 12.1 Å². The van der Waals surface area contributed by atoms with Gasteiger partial charge in [-0.25, -0.2) is 14.6 Å². The van der Waals surface area contributed by atoms with Gasteiger partial charge in [-0.15, -0.1) is 0 Å². The second kappa shape index (κ2) is 9.68. The summed E-state index contributed by atoms with van der Waals surface area (Å²) in [7, 11) is 0. The Hall–Kier alpha value is -3.94. The van der Waals surface area contributed by atoms with Crippen LogP contribution >= 0.6 is 0 Å². The molecule has 0 atom stereocenters. The van der Waals surface area contributed by atoms with Gasteiger partial charge in [0.05, 0.1) is 5.52 Å². The zero-order chi connectivity index (χ0) is 23.4. The van der Waals surface area contributed by atoms with Crippen LogP contribution in [0.5, 0.6) is 0 Å². The number of imide groups is 1. The van der Waals surface area contributed by atoms with Gasteiger partial charge in [-0.2, -0.15) is 0 Å². The Morgan fingerprint density at radius 3 is 2.55 bits per heavy atom. The summed E-state index contributed by atoms with van der Waals surface area (Å²) in [5.41, 5.74) is 3.64. The smallest absolute Gasteiger partial charge is 0.342 e. The van der Waals surface area contributed by atoms with Crippen LogP contribution in [0.1, 0.15) is 34.3 Å². The third-order valence-electron chi connectivity index (χ3n) is 5.55. The SMILES string of the molecule is Cc1ccc(NC(=O)NC(=O)COC(=O)c2cc3ccccc3nc2N2CCCC2)c(C)c1. The summed E-state index contributed by atoms with van der Waals surface area (Å²) in [6, 6.07) is 14.1. The van der Waals surface area contributed by atoms with Gasteiger partial charge in [-0.3, -0.25) is 10.1 Å². The number of carbonyl (C=O) groups excluding carboxylic acids is 3. The minimum atomic E-state index is -0.720. The van der Waals surface area contributed by atoms with Crippen molar-refractivity contribution in [3.05, 3.63) is 65.2 Å². The van der Waals surface area contributed by atoms with Gasteiger partial charge in [0.15, 0.2) is 6.61 Å². The van der Waals surface area contributed by atoms with Crippen LogP contribution in [0.2, 0.25) is 0 Å². The van der Waals surface area contributed by atoms with E-state index in [9.17, 15) is 14.4 Å². The molecule has 2 heterocycles. The van der Waals surface area contributed by atoms with Crippen molar-refractivity contribution in [2.24, 2.45) is 0 Å². The van der Waals surface area contributed by atoms with E-state index in [4.69, 9.17) is 4.74 Å². The van der Waals surface area contributed by atoms with Crippen LogP contribution in [0.25, 0.3) is 10.9 Å². The molecule has 0 unspecified atom stereocenters. The first-order valence-electron chi connectivity index (χ1n) is 10.9. The molecule has 1 aliphatic heterocycles. The van der Waals surface area contributed by atoms with Crippen LogP contribution < -0.4 is 15.5 Å². The largest absolute Gasteiger partial charge is 0.452 e. The van der Waals surface area contributed by atoms with E-state index in [1.165, 1.54) is 0 Å². The molecule has 0 aliphatic carbocycles. The molecule has 1 aliphatic rings. The molecule has 8 heteroatoms. The number of carbonyl (C=O) groups is 3. The molecule has 170 valence electrons. The lowest BCUT2D eigenvalue weighted by Gasteiger charge is -2.20. The molecule has 0 bridgehead atoms. The Morgan fingerprint density at radius 1 is 1.03 bits per heavy atom. The predicted octanol–water partition coefficient (Wildman–Crippen LogP) is 3.96. The number of para-hydroxylation sites is 1. The third-order valence-corrected chi connectivity index (χ3v) is 5.55. The van der Waals surface area contributed by atoms with Crippen LogP contribution in [-0.2, 0) is 9.53 Å². The molecule has 0 spiro atoms. The maximum atomic E-state index is 12.9. The Balaban J connectivity index is 1.41. The monoisotopic (exact) mass is 446 g/mol. The summed E-state index contributed by atoms with van der Waals surface area (Å²) in [5, 5.41) is 5.62. The van der Waals surface area contributed by atoms with Crippen LogP contribution in [-0.4, -0.2) is 42.6 Å². The van der Waals surface area contributed by atoms with Gasteiger partial charge in [-0.1, -0.05) is 35.9 Å². The summed E-state index contributed by atoms with van der Waals surface area (Å²) in [4.78, 5) is 43.9. The fourth-order valence-corrected chi connectivity index (χ4v) is 3.90. The van der Waals surface area contributed by atoms with E-state index in [2.05, 4.69) is 20.5 Å². The molecule has 8 nitrogen and oxygen atoms in total. The highest BCUT2D eigenvalue weighted by atomic mass is 16.5. The zero-order valence-corrected chi connectivity index (χ0v) is 18.7. The Morgan fingerprint density at radius 2 is 1.79 bits per heavy atom. The fraction of sp³-hybridized carbons (Fsp3) is 0.280. The van der Waals surface area contributed by atoms with Crippen molar-refractivity contribution in [2.75, 3.05) is 29.9 Å². The van der Waals surface area contributed by atoms with E-state index < -0.39 is 24.5 Å².